The van der Waals surface area contributed by atoms with E-state index >= 15 is 0 Å². The van der Waals surface area contributed by atoms with E-state index in [0.29, 0.717) is 28.6 Å². The van der Waals surface area contributed by atoms with Crippen LogP contribution in [0, 0.1) is 11.8 Å². The molecule has 0 aliphatic heterocycles. The fraction of sp³-hybridized carbons (Fsp3) is 0.375. The Balaban J connectivity index is 2.21. The first-order valence-electron chi connectivity index (χ1n) is 6.93. The summed E-state index contributed by atoms with van der Waals surface area (Å²) in [6, 6.07) is 4.76. The minimum absolute atomic E-state index is 0.326. The summed E-state index contributed by atoms with van der Waals surface area (Å²) in [5.41, 5.74) is 2.55. The fourth-order valence-electron chi connectivity index (χ4n) is 2.64. The van der Waals surface area contributed by atoms with Crippen molar-refractivity contribution in [1.82, 2.24) is 0 Å². The van der Waals surface area contributed by atoms with Gasteiger partial charge in [-0.15, -0.1) is 0 Å². The molecule has 0 unspecified atom stereocenters. The van der Waals surface area contributed by atoms with Gasteiger partial charge in [0.25, 0.3) is 0 Å². The number of hydrogen-bond donors (Lipinski definition) is 2. The standard InChI is InChI=1S/C16H17Cl2NO3/c1-8-5-11(12(16(21)22)6-9(8)2)15(20)19-14-4-3-10(17)7-13(14)18/h3-4,7,11-12H,5-6H2,1-2H3,(H,19,20)(H,21,22)/t11-,12+/m1/s1. The number of anilines is 1. The van der Waals surface area contributed by atoms with Crippen molar-refractivity contribution >= 4 is 40.8 Å². The van der Waals surface area contributed by atoms with Gasteiger partial charge < -0.3 is 10.4 Å². The normalized spacial score (nSPS) is 21.6. The maximum atomic E-state index is 12.5. The van der Waals surface area contributed by atoms with Gasteiger partial charge in [0, 0.05) is 5.02 Å². The number of rotatable bonds is 3. The molecule has 0 bridgehead atoms. The van der Waals surface area contributed by atoms with E-state index in [1.54, 1.807) is 12.1 Å². The molecule has 2 rings (SSSR count). The monoisotopic (exact) mass is 341 g/mol. The summed E-state index contributed by atoms with van der Waals surface area (Å²) >= 11 is 11.9. The second-order valence-corrected chi connectivity index (χ2v) is 6.48. The summed E-state index contributed by atoms with van der Waals surface area (Å²) in [5, 5.41) is 12.9. The van der Waals surface area contributed by atoms with Crippen LogP contribution in [0.5, 0.6) is 0 Å². The quantitative estimate of drug-likeness (QED) is 0.801. The van der Waals surface area contributed by atoms with Gasteiger partial charge in [0.1, 0.15) is 0 Å². The number of carboxylic acids is 1. The number of amides is 1. The van der Waals surface area contributed by atoms with Crippen molar-refractivity contribution in [2.24, 2.45) is 11.8 Å². The third-order valence-electron chi connectivity index (χ3n) is 4.11. The summed E-state index contributed by atoms with van der Waals surface area (Å²) in [5.74, 6) is -2.60. The highest BCUT2D eigenvalue weighted by Gasteiger charge is 2.37. The van der Waals surface area contributed by atoms with Gasteiger partial charge in [0.15, 0.2) is 0 Å². The molecule has 0 spiro atoms. The number of nitrogens with one attached hydrogen (secondary N) is 1. The van der Waals surface area contributed by atoms with Gasteiger partial charge in [-0.2, -0.15) is 0 Å². The van der Waals surface area contributed by atoms with E-state index in [2.05, 4.69) is 5.32 Å². The molecule has 0 radical (unpaired) electrons. The van der Waals surface area contributed by atoms with Crippen molar-refractivity contribution in [2.45, 2.75) is 26.7 Å². The van der Waals surface area contributed by atoms with Gasteiger partial charge in [-0.25, -0.2) is 0 Å². The highest BCUT2D eigenvalue weighted by molar-refractivity contribution is 6.36. The number of allylic oxidation sites excluding steroid dienone is 2. The first-order chi connectivity index (χ1) is 10.3. The SMILES string of the molecule is CC1=C(C)C[C@@H](C(=O)Nc2ccc(Cl)cc2Cl)[C@@H](C(=O)O)C1. The summed E-state index contributed by atoms with van der Waals surface area (Å²) in [7, 11) is 0. The van der Waals surface area contributed by atoms with Crippen LogP contribution in [0.25, 0.3) is 0 Å². The maximum Gasteiger partial charge on any atom is 0.307 e. The lowest BCUT2D eigenvalue weighted by Gasteiger charge is -2.29. The predicted molar refractivity (Wildman–Crippen MR) is 87.3 cm³/mol. The summed E-state index contributed by atoms with van der Waals surface area (Å²) in [6.45, 7) is 3.85. The second kappa shape index (κ2) is 6.71. The molecule has 0 saturated carbocycles. The van der Waals surface area contributed by atoms with Crippen molar-refractivity contribution in [1.29, 1.82) is 0 Å². The third-order valence-corrected chi connectivity index (χ3v) is 4.66. The smallest absolute Gasteiger partial charge is 0.307 e. The fourth-order valence-corrected chi connectivity index (χ4v) is 3.10. The lowest BCUT2D eigenvalue weighted by molar-refractivity contribution is -0.146. The number of aliphatic carboxylic acids is 1. The lowest BCUT2D eigenvalue weighted by atomic mass is 9.76. The molecule has 2 N–H and O–H groups in total. The van der Waals surface area contributed by atoms with E-state index in [9.17, 15) is 14.7 Å². The largest absolute Gasteiger partial charge is 0.481 e. The van der Waals surface area contributed by atoms with E-state index in [4.69, 9.17) is 23.2 Å². The average Bonchev–Trinajstić information content (AvgIpc) is 2.44. The molecule has 6 heteroatoms. The zero-order valence-electron chi connectivity index (χ0n) is 12.3. The molecular formula is C16H17Cl2NO3. The molecule has 0 aromatic heterocycles. The Morgan fingerprint density at radius 1 is 1.14 bits per heavy atom. The van der Waals surface area contributed by atoms with Crippen LogP contribution in [0.2, 0.25) is 10.0 Å². The Labute approximate surface area is 139 Å². The highest BCUT2D eigenvalue weighted by Crippen LogP contribution is 2.35. The molecule has 0 saturated heterocycles. The van der Waals surface area contributed by atoms with Gasteiger partial charge in [-0.1, -0.05) is 34.3 Å². The van der Waals surface area contributed by atoms with Gasteiger partial charge >= 0.3 is 5.97 Å². The second-order valence-electron chi connectivity index (χ2n) is 5.63. The van der Waals surface area contributed by atoms with E-state index < -0.39 is 17.8 Å². The molecule has 1 aromatic rings. The maximum absolute atomic E-state index is 12.5. The summed E-state index contributed by atoms with van der Waals surface area (Å²) < 4.78 is 0. The van der Waals surface area contributed by atoms with Crippen LogP contribution in [0.3, 0.4) is 0 Å². The number of carbonyl (C=O) groups excluding carboxylic acids is 1. The van der Waals surface area contributed by atoms with E-state index in [1.165, 1.54) is 6.07 Å². The van der Waals surface area contributed by atoms with Crippen molar-refractivity contribution in [3.05, 3.63) is 39.4 Å². The van der Waals surface area contributed by atoms with E-state index in [0.717, 1.165) is 11.1 Å². The number of hydrogen-bond acceptors (Lipinski definition) is 2. The summed E-state index contributed by atoms with van der Waals surface area (Å²) in [6.07, 6.45) is 0.841. The number of carbonyl (C=O) groups is 2. The van der Waals surface area contributed by atoms with Crippen LogP contribution in [0.15, 0.2) is 29.3 Å². The lowest BCUT2D eigenvalue weighted by Crippen LogP contribution is -2.36. The minimum atomic E-state index is -0.950. The zero-order chi connectivity index (χ0) is 16.4. The Kier molecular flexibility index (Phi) is 5.14. The molecule has 118 valence electrons. The van der Waals surface area contributed by atoms with E-state index in [1.807, 2.05) is 13.8 Å². The van der Waals surface area contributed by atoms with Crippen LogP contribution in [0.1, 0.15) is 26.7 Å². The van der Waals surface area contributed by atoms with Crippen molar-refractivity contribution in [2.75, 3.05) is 5.32 Å². The Morgan fingerprint density at radius 2 is 1.73 bits per heavy atom. The molecule has 1 amide bonds. The number of halogens is 2. The molecule has 1 aliphatic rings. The molecule has 1 aromatic carbocycles. The molecule has 22 heavy (non-hydrogen) atoms. The van der Waals surface area contributed by atoms with Gasteiger partial charge in [0.05, 0.1) is 22.5 Å². The van der Waals surface area contributed by atoms with Gasteiger partial charge in [-0.3, -0.25) is 9.59 Å². The minimum Gasteiger partial charge on any atom is -0.481 e. The zero-order valence-corrected chi connectivity index (χ0v) is 13.8. The Bertz CT molecular complexity index is 655. The van der Waals surface area contributed by atoms with Crippen molar-refractivity contribution in [3.63, 3.8) is 0 Å². The molecule has 0 heterocycles. The predicted octanol–water partition coefficient (Wildman–Crippen LogP) is 4.38. The van der Waals surface area contributed by atoms with Crippen LogP contribution < -0.4 is 5.32 Å². The molecular weight excluding hydrogens is 325 g/mol. The highest BCUT2D eigenvalue weighted by atomic mass is 35.5. The topological polar surface area (TPSA) is 66.4 Å². The van der Waals surface area contributed by atoms with Crippen molar-refractivity contribution in [3.8, 4) is 0 Å². The summed E-state index contributed by atoms with van der Waals surface area (Å²) in [4.78, 5) is 23.9. The number of carboxylic acid groups (broad SMARTS) is 1. The van der Waals surface area contributed by atoms with Gasteiger partial charge in [0.2, 0.25) is 5.91 Å². The van der Waals surface area contributed by atoms with Crippen LogP contribution in [-0.2, 0) is 9.59 Å². The molecule has 0 fully saturated rings. The van der Waals surface area contributed by atoms with Crippen LogP contribution in [-0.4, -0.2) is 17.0 Å². The first-order valence-corrected chi connectivity index (χ1v) is 7.69. The Morgan fingerprint density at radius 3 is 2.27 bits per heavy atom. The number of benzene rings is 1. The third kappa shape index (κ3) is 3.62. The molecule has 4 nitrogen and oxygen atoms in total. The van der Waals surface area contributed by atoms with Crippen LogP contribution >= 0.6 is 23.2 Å². The molecule has 2 atom stereocenters. The first kappa shape index (κ1) is 16.8. The molecule has 1 aliphatic carbocycles. The van der Waals surface area contributed by atoms with E-state index in [-0.39, 0.29) is 5.91 Å². The van der Waals surface area contributed by atoms with Gasteiger partial charge in [-0.05, 0) is 44.9 Å². The van der Waals surface area contributed by atoms with Crippen molar-refractivity contribution < 1.29 is 14.7 Å². The van der Waals surface area contributed by atoms with Crippen LogP contribution in [0.4, 0.5) is 5.69 Å². The Hall–Kier alpha value is -1.52. The average molecular weight is 342 g/mol.